The number of amides is 2. The molecule has 128 valence electrons. The number of benzene rings is 2. The number of hydrogen-bond donors (Lipinski definition) is 2. The Morgan fingerprint density at radius 1 is 1.28 bits per heavy atom. The van der Waals surface area contributed by atoms with E-state index in [2.05, 4.69) is 24.9 Å². The quantitative estimate of drug-likeness (QED) is 0.669. The Morgan fingerprint density at radius 3 is 2.84 bits per heavy atom. The van der Waals surface area contributed by atoms with Crippen LogP contribution in [0.3, 0.4) is 0 Å². The maximum atomic E-state index is 12.9. The van der Waals surface area contributed by atoms with E-state index in [9.17, 15) is 14.7 Å². The number of aromatic hydroxyl groups is 1. The van der Waals surface area contributed by atoms with Gasteiger partial charge in [0.1, 0.15) is 5.75 Å². The first kappa shape index (κ1) is 16.8. The van der Waals surface area contributed by atoms with Gasteiger partial charge >= 0.3 is 0 Å². The van der Waals surface area contributed by atoms with Gasteiger partial charge in [-0.1, -0.05) is 24.8 Å². The van der Waals surface area contributed by atoms with Crippen LogP contribution >= 0.6 is 0 Å². The molecule has 25 heavy (non-hydrogen) atoms. The number of carbonyl (C=O) groups excluding carboxylic acids is 2. The van der Waals surface area contributed by atoms with Crippen LogP contribution in [0, 0.1) is 6.92 Å². The SMILES string of the molecule is C=CC(=O)Nc1ccc(O)c(C(=O)N2CCc3c(C)cccc3C2)c1. The van der Waals surface area contributed by atoms with Gasteiger partial charge in [-0.15, -0.1) is 0 Å². The van der Waals surface area contributed by atoms with E-state index in [1.807, 2.05) is 12.1 Å². The Hall–Kier alpha value is -3.08. The monoisotopic (exact) mass is 336 g/mol. The minimum Gasteiger partial charge on any atom is -0.507 e. The summed E-state index contributed by atoms with van der Waals surface area (Å²) < 4.78 is 0. The van der Waals surface area contributed by atoms with E-state index >= 15 is 0 Å². The lowest BCUT2D eigenvalue weighted by molar-refractivity contribution is -0.111. The Kier molecular flexibility index (Phi) is 4.57. The first-order valence-corrected chi connectivity index (χ1v) is 8.12. The van der Waals surface area contributed by atoms with Crippen molar-refractivity contribution in [2.24, 2.45) is 0 Å². The predicted octanol–water partition coefficient (Wildman–Crippen LogP) is 3.02. The Labute approximate surface area is 146 Å². The van der Waals surface area contributed by atoms with Gasteiger partial charge in [-0.05, 0) is 54.3 Å². The molecule has 0 atom stereocenters. The molecule has 3 rings (SSSR count). The second kappa shape index (κ2) is 6.81. The first-order valence-electron chi connectivity index (χ1n) is 8.12. The van der Waals surface area contributed by atoms with Crippen LogP contribution < -0.4 is 5.32 Å². The van der Waals surface area contributed by atoms with Gasteiger partial charge in [-0.25, -0.2) is 0 Å². The number of phenols is 1. The highest BCUT2D eigenvalue weighted by Gasteiger charge is 2.24. The molecule has 1 heterocycles. The van der Waals surface area contributed by atoms with Crippen molar-refractivity contribution in [3.8, 4) is 5.75 Å². The summed E-state index contributed by atoms with van der Waals surface area (Å²) in [5.74, 6) is -0.720. The standard InChI is InChI=1S/C20H20N2O3/c1-3-19(24)21-15-7-8-18(23)17(11-15)20(25)22-10-9-16-13(2)5-4-6-14(16)12-22/h3-8,11,23H,1,9-10,12H2,2H3,(H,21,24). The summed E-state index contributed by atoms with van der Waals surface area (Å²) in [6.07, 6.45) is 1.94. The van der Waals surface area contributed by atoms with Crippen molar-refractivity contribution in [3.05, 3.63) is 71.3 Å². The zero-order valence-corrected chi connectivity index (χ0v) is 14.1. The number of aryl methyl sites for hydroxylation is 1. The van der Waals surface area contributed by atoms with Crippen LogP contribution in [0.1, 0.15) is 27.0 Å². The minimum atomic E-state index is -0.369. The van der Waals surface area contributed by atoms with Crippen molar-refractivity contribution in [1.29, 1.82) is 0 Å². The van der Waals surface area contributed by atoms with Crippen molar-refractivity contribution in [2.75, 3.05) is 11.9 Å². The molecule has 5 nitrogen and oxygen atoms in total. The number of fused-ring (bicyclic) bond motifs is 1. The van der Waals surface area contributed by atoms with E-state index in [0.717, 1.165) is 18.1 Å². The molecule has 2 N–H and O–H groups in total. The molecular weight excluding hydrogens is 316 g/mol. The molecule has 0 aliphatic carbocycles. The molecule has 2 amide bonds. The lowest BCUT2D eigenvalue weighted by Gasteiger charge is -2.30. The zero-order valence-electron chi connectivity index (χ0n) is 14.1. The topological polar surface area (TPSA) is 69.6 Å². The number of hydrogen-bond acceptors (Lipinski definition) is 3. The first-order chi connectivity index (χ1) is 12.0. The van der Waals surface area contributed by atoms with E-state index in [1.165, 1.54) is 23.3 Å². The van der Waals surface area contributed by atoms with Crippen LogP contribution in [0.2, 0.25) is 0 Å². The summed E-state index contributed by atoms with van der Waals surface area (Å²) in [5, 5.41) is 12.7. The second-order valence-corrected chi connectivity index (χ2v) is 6.11. The van der Waals surface area contributed by atoms with E-state index in [0.29, 0.717) is 18.8 Å². The van der Waals surface area contributed by atoms with Crippen LogP contribution in [0.25, 0.3) is 0 Å². The molecule has 0 saturated heterocycles. The maximum absolute atomic E-state index is 12.9. The van der Waals surface area contributed by atoms with Gasteiger partial charge in [-0.3, -0.25) is 9.59 Å². The number of phenolic OH excluding ortho intramolecular Hbond substituents is 1. The average Bonchev–Trinajstić information content (AvgIpc) is 2.62. The zero-order chi connectivity index (χ0) is 18.0. The summed E-state index contributed by atoms with van der Waals surface area (Å²) in [5.41, 5.74) is 4.29. The highest BCUT2D eigenvalue weighted by Crippen LogP contribution is 2.27. The molecule has 0 bridgehead atoms. The van der Waals surface area contributed by atoms with Gasteiger partial charge in [0, 0.05) is 18.8 Å². The lowest BCUT2D eigenvalue weighted by Crippen LogP contribution is -2.36. The summed E-state index contributed by atoms with van der Waals surface area (Å²) >= 11 is 0. The molecule has 0 unspecified atom stereocenters. The fourth-order valence-electron chi connectivity index (χ4n) is 3.12. The van der Waals surface area contributed by atoms with Gasteiger partial charge in [-0.2, -0.15) is 0 Å². The number of rotatable bonds is 3. The molecule has 1 aliphatic heterocycles. The fraction of sp³-hybridized carbons (Fsp3) is 0.200. The Balaban J connectivity index is 1.85. The third-order valence-corrected chi connectivity index (χ3v) is 4.47. The largest absolute Gasteiger partial charge is 0.507 e. The van der Waals surface area contributed by atoms with E-state index in [1.54, 1.807) is 11.0 Å². The summed E-state index contributed by atoms with van der Waals surface area (Å²) in [6, 6.07) is 10.5. The average molecular weight is 336 g/mol. The highest BCUT2D eigenvalue weighted by molar-refractivity contribution is 6.02. The number of nitrogens with zero attached hydrogens (tertiary/aromatic N) is 1. The lowest BCUT2D eigenvalue weighted by atomic mass is 9.95. The molecule has 0 fully saturated rings. The van der Waals surface area contributed by atoms with Gasteiger partial charge in [0.25, 0.3) is 5.91 Å². The molecular formula is C20H20N2O3. The molecule has 0 saturated carbocycles. The minimum absolute atomic E-state index is 0.100. The van der Waals surface area contributed by atoms with Crippen LogP contribution in [0.5, 0.6) is 5.75 Å². The van der Waals surface area contributed by atoms with Crippen LogP contribution in [-0.2, 0) is 17.8 Å². The molecule has 2 aromatic rings. The summed E-state index contributed by atoms with van der Waals surface area (Å²) in [6.45, 7) is 6.58. The van der Waals surface area contributed by atoms with E-state index in [4.69, 9.17) is 0 Å². The van der Waals surface area contributed by atoms with Crippen molar-refractivity contribution >= 4 is 17.5 Å². The van der Waals surface area contributed by atoms with Gasteiger partial charge in [0.2, 0.25) is 5.91 Å². The van der Waals surface area contributed by atoms with Crippen molar-refractivity contribution in [3.63, 3.8) is 0 Å². The molecule has 5 heteroatoms. The van der Waals surface area contributed by atoms with Crippen LogP contribution in [-0.4, -0.2) is 28.4 Å². The molecule has 0 aromatic heterocycles. The predicted molar refractivity (Wildman–Crippen MR) is 96.6 cm³/mol. The van der Waals surface area contributed by atoms with E-state index < -0.39 is 0 Å². The van der Waals surface area contributed by atoms with Crippen LogP contribution in [0.4, 0.5) is 5.69 Å². The molecule has 0 spiro atoms. The second-order valence-electron chi connectivity index (χ2n) is 6.11. The smallest absolute Gasteiger partial charge is 0.257 e. The number of anilines is 1. The molecule has 2 aromatic carbocycles. The van der Waals surface area contributed by atoms with Gasteiger partial charge in [0.05, 0.1) is 5.56 Å². The maximum Gasteiger partial charge on any atom is 0.257 e. The van der Waals surface area contributed by atoms with Gasteiger partial charge < -0.3 is 15.3 Å². The number of carbonyl (C=O) groups is 2. The Bertz CT molecular complexity index is 858. The number of nitrogens with one attached hydrogen (secondary N) is 1. The highest BCUT2D eigenvalue weighted by atomic mass is 16.3. The summed E-state index contributed by atoms with van der Waals surface area (Å²) in [7, 11) is 0. The third-order valence-electron chi connectivity index (χ3n) is 4.47. The third kappa shape index (κ3) is 3.40. The van der Waals surface area contributed by atoms with Crippen LogP contribution in [0.15, 0.2) is 49.1 Å². The molecule has 1 aliphatic rings. The van der Waals surface area contributed by atoms with Crippen molar-refractivity contribution < 1.29 is 14.7 Å². The fourth-order valence-corrected chi connectivity index (χ4v) is 3.12. The Morgan fingerprint density at radius 2 is 2.08 bits per heavy atom. The van der Waals surface area contributed by atoms with Gasteiger partial charge in [0.15, 0.2) is 0 Å². The normalized spacial score (nSPS) is 13.1. The molecule has 0 radical (unpaired) electrons. The van der Waals surface area contributed by atoms with Crippen molar-refractivity contribution in [2.45, 2.75) is 19.9 Å². The summed E-state index contributed by atoms with van der Waals surface area (Å²) in [4.78, 5) is 26.0. The van der Waals surface area contributed by atoms with Crippen molar-refractivity contribution in [1.82, 2.24) is 4.90 Å². The van der Waals surface area contributed by atoms with E-state index in [-0.39, 0.29) is 23.1 Å².